The molecule has 6 nitrogen and oxygen atoms in total. The van der Waals surface area contributed by atoms with Crippen LogP contribution in [-0.4, -0.2) is 18.1 Å². The number of nitrogens with one attached hydrogen (secondary N) is 1. The SMILES string of the molecule is CC(C)(C)c1ccc(C(=O)Oc2ccc(/C=N/NC(=O)c3ccc(C#N)cc3)cc2)cc1. The number of nitriles is 1. The molecule has 0 bridgehead atoms. The number of carbonyl (C=O) groups excluding carboxylic acids is 2. The quantitative estimate of drug-likeness (QED) is 0.274. The van der Waals surface area contributed by atoms with E-state index in [4.69, 9.17) is 10.00 Å². The molecule has 0 aliphatic rings. The number of hydrogen-bond acceptors (Lipinski definition) is 5. The first-order valence-electron chi connectivity index (χ1n) is 10.0. The highest BCUT2D eigenvalue weighted by atomic mass is 16.5. The topological polar surface area (TPSA) is 91.5 Å². The summed E-state index contributed by atoms with van der Waals surface area (Å²) < 4.78 is 5.42. The van der Waals surface area contributed by atoms with Gasteiger partial charge in [-0.05, 0) is 77.2 Å². The fraction of sp³-hybridized carbons (Fsp3) is 0.154. The largest absolute Gasteiger partial charge is 0.423 e. The fourth-order valence-electron chi connectivity index (χ4n) is 2.82. The first-order valence-corrected chi connectivity index (χ1v) is 10.0. The normalized spacial score (nSPS) is 11.1. The minimum absolute atomic E-state index is 0.0152. The van der Waals surface area contributed by atoms with E-state index in [0.29, 0.717) is 22.4 Å². The summed E-state index contributed by atoms with van der Waals surface area (Å²) in [6.07, 6.45) is 1.48. The number of esters is 1. The van der Waals surface area contributed by atoms with Gasteiger partial charge < -0.3 is 4.74 Å². The Morgan fingerprint density at radius 1 is 0.906 bits per heavy atom. The third-order valence-corrected chi connectivity index (χ3v) is 4.73. The molecule has 1 amide bonds. The van der Waals surface area contributed by atoms with E-state index in [1.54, 1.807) is 60.7 Å². The molecule has 3 rings (SSSR count). The highest BCUT2D eigenvalue weighted by Gasteiger charge is 2.15. The number of carbonyl (C=O) groups is 2. The maximum atomic E-state index is 12.4. The molecule has 6 heteroatoms. The van der Waals surface area contributed by atoms with Crippen LogP contribution in [0.5, 0.6) is 5.75 Å². The lowest BCUT2D eigenvalue weighted by Gasteiger charge is -2.18. The number of hydrogen-bond donors (Lipinski definition) is 1. The second-order valence-corrected chi connectivity index (χ2v) is 8.17. The summed E-state index contributed by atoms with van der Waals surface area (Å²) in [6.45, 7) is 6.34. The lowest BCUT2D eigenvalue weighted by molar-refractivity contribution is 0.0734. The Kier molecular flexibility index (Phi) is 6.81. The monoisotopic (exact) mass is 425 g/mol. The van der Waals surface area contributed by atoms with E-state index in [1.165, 1.54) is 6.21 Å². The zero-order valence-corrected chi connectivity index (χ0v) is 18.1. The summed E-state index contributed by atoms with van der Waals surface area (Å²) in [5, 5.41) is 12.7. The molecule has 0 atom stereocenters. The maximum Gasteiger partial charge on any atom is 0.343 e. The molecular weight excluding hydrogens is 402 g/mol. The van der Waals surface area contributed by atoms with Crippen LogP contribution in [0.2, 0.25) is 0 Å². The molecule has 1 N–H and O–H groups in total. The molecule has 0 heterocycles. The van der Waals surface area contributed by atoms with Crippen molar-refractivity contribution in [2.24, 2.45) is 5.10 Å². The lowest BCUT2D eigenvalue weighted by Crippen LogP contribution is -2.17. The molecule has 0 aromatic heterocycles. The number of rotatable bonds is 5. The summed E-state index contributed by atoms with van der Waals surface area (Å²) in [7, 11) is 0. The zero-order chi connectivity index (χ0) is 23.1. The average molecular weight is 425 g/mol. The molecule has 32 heavy (non-hydrogen) atoms. The smallest absolute Gasteiger partial charge is 0.343 e. The summed E-state index contributed by atoms with van der Waals surface area (Å²) in [4.78, 5) is 24.4. The second-order valence-electron chi connectivity index (χ2n) is 8.17. The molecule has 0 aliphatic carbocycles. The van der Waals surface area contributed by atoms with Gasteiger partial charge in [-0.3, -0.25) is 4.79 Å². The Labute approximate surface area is 187 Å². The van der Waals surface area contributed by atoms with Gasteiger partial charge in [0.15, 0.2) is 0 Å². The molecule has 0 saturated carbocycles. The Balaban J connectivity index is 1.55. The molecule has 0 radical (unpaired) electrons. The number of hydrazone groups is 1. The molecule has 3 aromatic rings. The van der Waals surface area contributed by atoms with Gasteiger partial charge in [-0.15, -0.1) is 0 Å². The van der Waals surface area contributed by atoms with Crippen molar-refractivity contribution in [1.29, 1.82) is 5.26 Å². The Bertz CT molecular complexity index is 1170. The van der Waals surface area contributed by atoms with E-state index in [0.717, 1.165) is 11.1 Å². The van der Waals surface area contributed by atoms with Crippen LogP contribution in [0.1, 0.15) is 58.2 Å². The van der Waals surface area contributed by atoms with Gasteiger partial charge in [0.05, 0.1) is 23.4 Å². The third kappa shape index (κ3) is 5.89. The van der Waals surface area contributed by atoms with Crippen LogP contribution in [-0.2, 0) is 5.41 Å². The van der Waals surface area contributed by atoms with Crippen LogP contribution in [0.15, 0.2) is 77.9 Å². The van der Waals surface area contributed by atoms with Gasteiger partial charge in [-0.1, -0.05) is 32.9 Å². The van der Waals surface area contributed by atoms with Crippen LogP contribution in [0.3, 0.4) is 0 Å². The van der Waals surface area contributed by atoms with Crippen molar-refractivity contribution < 1.29 is 14.3 Å². The molecule has 0 spiro atoms. The minimum atomic E-state index is -0.429. The molecule has 0 saturated heterocycles. The van der Waals surface area contributed by atoms with Gasteiger partial charge in [0.2, 0.25) is 0 Å². The maximum absolute atomic E-state index is 12.4. The van der Waals surface area contributed by atoms with Crippen LogP contribution in [0.4, 0.5) is 0 Å². The predicted octanol–water partition coefficient (Wildman–Crippen LogP) is 4.84. The van der Waals surface area contributed by atoms with Crippen molar-refractivity contribution in [3.05, 3.63) is 101 Å². The summed E-state index contributed by atoms with van der Waals surface area (Å²) in [5.41, 5.74) is 5.67. The van der Waals surface area contributed by atoms with Gasteiger partial charge in [0.1, 0.15) is 5.75 Å². The van der Waals surface area contributed by atoms with Gasteiger partial charge >= 0.3 is 5.97 Å². The summed E-state index contributed by atoms with van der Waals surface area (Å²) in [5.74, 6) is -0.399. The molecule has 0 aliphatic heterocycles. The zero-order valence-electron chi connectivity index (χ0n) is 18.1. The first kappa shape index (κ1) is 22.4. The fourth-order valence-corrected chi connectivity index (χ4v) is 2.82. The van der Waals surface area contributed by atoms with Crippen LogP contribution < -0.4 is 10.2 Å². The Hall–Kier alpha value is -4.24. The van der Waals surface area contributed by atoms with Crippen LogP contribution >= 0.6 is 0 Å². The third-order valence-electron chi connectivity index (χ3n) is 4.73. The Morgan fingerprint density at radius 3 is 2.06 bits per heavy atom. The number of benzene rings is 3. The molecular formula is C26H23N3O3. The molecule has 3 aromatic carbocycles. The van der Waals surface area contributed by atoms with Crippen LogP contribution in [0, 0.1) is 11.3 Å². The van der Waals surface area contributed by atoms with E-state index in [2.05, 4.69) is 31.3 Å². The molecule has 160 valence electrons. The van der Waals surface area contributed by atoms with E-state index >= 15 is 0 Å². The van der Waals surface area contributed by atoms with Gasteiger partial charge in [0, 0.05) is 5.56 Å². The van der Waals surface area contributed by atoms with Crippen molar-refractivity contribution in [3.63, 3.8) is 0 Å². The van der Waals surface area contributed by atoms with Gasteiger partial charge in [-0.2, -0.15) is 10.4 Å². The van der Waals surface area contributed by atoms with Crippen molar-refractivity contribution in [2.45, 2.75) is 26.2 Å². The summed E-state index contributed by atoms with van der Waals surface area (Å²) >= 11 is 0. The number of ether oxygens (including phenoxy) is 1. The number of nitrogens with zero attached hydrogens (tertiary/aromatic N) is 2. The second kappa shape index (κ2) is 9.71. The summed E-state index contributed by atoms with van der Waals surface area (Å²) in [6, 6.07) is 22.4. The highest BCUT2D eigenvalue weighted by molar-refractivity contribution is 5.95. The number of amides is 1. The van der Waals surface area contributed by atoms with Gasteiger partial charge in [-0.25, -0.2) is 10.2 Å². The van der Waals surface area contributed by atoms with Crippen molar-refractivity contribution in [3.8, 4) is 11.8 Å². The standard InChI is InChI=1S/C26H23N3O3/c1-26(2,3)22-12-10-21(11-13-22)25(31)32-23-14-6-19(7-15-23)17-28-29-24(30)20-8-4-18(16-27)5-9-20/h4-15,17H,1-3H3,(H,29,30)/b28-17+. The first-order chi connectivity index (χ1) is 15.3. The Morgan fingerprint density at radius 2 is 1.50 bits per heavy atom. The van der Waals surface area contributed by atoms with E-state index < -0.39 is 5.97 Å². The van der Waals surface area contributed by atoms with E-state index in [1.807, 2.05) is 18.2 Å². The van der Waals surface area contributed by atoms with E-state index in [9.17, 15) is 9.59 Å². The molecule has 0 fully saturated rings. The van der Waals surface area contributed by atoms with Crippen molar-refractivity contribution >= 4 is 18.1 Å². The highest BCUT2D eigenvalue weighted by Crippen LogP contribution is 2.22. The van der Waals surface area contributed by atoms with Crippen molar-refractivity contribution in [2.75, 3.05) is 0 Å². The minimum Gasteiger partial charge on any atom is -0.423 e. The predicted molar refractivity (Wildman–Crippen MR) is 123 cm³/mol. The van der Waals surface area contributed by atoms with Gasteiger partial charge in [0.25, 0.3) is 5.91 Å². The average Bonchev–Trinajstić information content (AvgIpc) is 2.79. The van der Waals surface area contributed by atoms with Crippen LogP contribution in [0.25, 0.3) is 0 Å². The molecule has 0 unspecified atom stereocenters. The van der Waals surface area contributed by atoms with Crippen molar-refractivity contribution in [1.82, 2.24) is 5.43 Å². The lowest BCUT2D eigenvalue weighted by atomic mass is 9.87. The van der Waals surface area contributed by atoms with E-state index in [-0.39, 0.29) is 11.3 Å².